The minimum absolute atomic E-state index is 0.0258. The lowest BCUT2D eigenvalue weighted by Gasteiger charge is -2.35. The highest BCUT2D eigenvalue weighted by Crippen LogP contribution is 2.43. The number of aromatic nitrogens is 4. The lowest BCUT2D eigenvalue weighted by atomic mass is 9.95. The third-order valence-corrected chi connectivity index (χ3v) is 26.9. The number of carbonyl (C=O) groups is 8. The molecule has 12 heterocycles. The normalized spacial score (nSPS) is 21.2. The molecule has 8 aliphatic heterocycles. The molecular weight excluding hydrogens is 2040 g/mol. The summed E-state index contributed by atoms with van der Waals surface area (Å²) in [4.78, 5) is 143. The first-order valence-electron chi connectivity index (χ1n) is 41.5. The van der Waals surface area contributed by atoms with Crippen molar-refractivity contribution < 1.29 is 110 Å². The number of hydrogen-bond donors (Lipinski definition) is 8. The Morgan fingerprint density at radius 1 is 0.407 bits per heavy atom. The van der Waals surface area contributed by atoms with Crippen molar-refractivity contribution in [3.63, 3.8) is 0 Å². The Morgan fingerprint density at radius 3 is 0.926 bits per heavy atom. The van der Waals surface area contributed by atoms with E-state index in [9.17, 15) is 72.0 Å². The van der Waals surface area contributed by atoms with E-state index in [0.29, 0.717) is 160 Å². The van der Waals surface area contributed by atoms with Crippen LogP contribution in [0.4, 0.5) is 13.2 Å². The van der Waals surface area contributed by atoms with Crippen molar-refractivity contribution in [1.82, 2.24) is 60.8 Å². The molecule has 714 valence electrons. The number of ether oxygens (including phenoxy) is 8. The number of esters is 4. The maximum absolute atomic E-state index is 13.8. The van der Waals surface area contributed by atoms with E-state index in [0.717, 1.165) is 6.07 Å². The van der Waals surface area contributed by atoms with E-state index in [-0.39, 0.29) is 99.7 Å². The number of hydrogen-bond acceptors (Lipinski definition) is 36. The number of thiazole rings is 4. The molecule has 4 aromatic heterocycles. The largest absolute Gasteiger partial charge is 0.480 e. The van der Waals surface area contributed by atoms with Gasteiger partial charge in [-0.1, -0.05) is 90.9 Å². The number of amidine groups is 4. The summed E-state index contributed by atoms with van der Waals surface area (Å²) in [6, 6.07) is 10.3. The molecule has 16 rings (SSSR count). The van der Waals surface area contributed by atoms with Crippen molar-refractivity contribution in [2.75, 3.05) is 132 Å². The molecule has 8 aliphatic rings. The molecule has 8 N–H and O–H groups in total. The number of carbonyl (C=O) groups excluding carboxylic acids is 4. The Kier molecular flexibility index (Phi) is 36.1. The van der Waals surface area contributed by atoms with Gasteiger partial charge in [-0.15, -0.1) is 45.3 Å². The zero-order valence-corrected chi connectivity index (χ0v) is 80.7. The van der Waals surface area contributed by atoms with Crippen molar-refractivity contribution in [2.45, 2.75) is 69.1 Å². The molecule has 8 aromatic rings. The summed E-state index contributed by atoms with van der Waals surface area (Å²) in [7, 11) is 1.26. The van der Waals surface area contributed by atoms with Crippen molar-refractivity contribution in [2.24, 2.45) is 20.0 Å². The number of halogens is 8. The molecular formula is C87H86Br2Cl3F3N16O20S4. The van der Waals surface area contributed by atoms with Gasteiger partial charge in [0.15, 0.2) is 43.4 Å². The topological polar surface area (TPSA) is 453 Å². The number of aliphatic imine (C=N–C) groups is 4. The Bertz CT molecular complexity index is 5540. The van der Waals surface area contributed by atoms with E-state index in [1.54, 1.807) is 112 Å². The average Bonchev–Trinajstić information content (AvgIpc) is 1.61. The maximum Gasteiger partial charge on any atom is 0.338 e. The number of nitrogens with zero attached hydrogens (tertiary/aromatic N) is 12. The SMILES string of the molecule is CCOC(=O)C1=C(CN2CCOCC2C(=O)O)NC(c2nccs2)=NC1c1ccc(Cl)cc1Cl.CCOC(=O)C1=C(CN2CCOCC2C(=O)O)NC(c2nccs2)=NC1c1ccc(F)cc1Br.CCOC(=O)C1=C(CN2CCOCC2C(=O)O)NC(c2nccs2)=NC1c1ccc(F)cc1Cl.COC(=O)C1=C(CN2CCOCC2C(=O)O)NC(c2nccs2)=NC1c1ccc(F)cc1Br. The second-order valence-electron chi connectivity index (χ2n) is 29.9. The van der Waals surface area contributed by atoms with Gasteiger partial charge in [-0.3, -0.25) is 58.7 Å². The minimum Gasteiger partial charge on any atom is -0.480 e. The Morgan fingerprint density at radius 2 is 0.674 bits per heavy atom. The van der Waals surface area contributed by atoms with E-state index < -0.39 is 114 Å². The quantitative estimate of drug-likeness (QED) is 0.0175. The van der Waals surface area contributed by atoms with E-state index >= 15 is 0 Å². The summed E-state index contributed by atoms with van der Waals surface area (Å²) in [6.07, 6.45) is 6.55. The average molecular weight is 2130 g/mol. The number of benzene rings is 4. The first kappa shape index (κ1) is 102. The maximum atomic E-state index is 13.8. The highest BCUT2D eigenvalue weighted by atomic mass is 79.9. The summed E-state index contributed by atoms with van der Waals surface area (Å²) >= 11 is 31.2. The highest BCUT2D eigenvalue weighted by Gasteiger charge is 2.44. The fourth-order valence-corrected chi connectivity index (χ4v) is 19.5. The van der Waals surface area contributed by atoms with Crippen molar-refractivity contribution in [3.05, 3.63) is 248 Å². The van der Waals surface area contributed by atoms with Gasteiger partial charge in [0, 0.05) is 157 Å². The molecule has 4 aromatic carbocycles. The van der Waals surface area contributed by atoms with Gasteiger partial charge >= 0.3 is 47.8 Å². The van der Waals surface area contributed by atoms with Gasteiger partial charge < -0.3 is 79.6 Å². The summed E-state index contributed by atoms with van der Waals surface area (Å²) in [6.45, 7) is 9.08. The van der Waals surface area contributed by atoms with Crippen LogP contribution in [0.15, 0.2) is 193 Å². The summed E-state index contributed by atoms with van der Waals surface area (Å²) in [5, 5.41) is 61.9. The number of methoxy groups -OCH3 is 1. The molecule has 8 unspecified atom stereocenters. The molecule has 0 saturated carbocycles. The standard InChI is InChI=1S/C22H22BrFN4O5S.C22H22Cl2N4O5S.C22H22ClFN4O5S.C21H20BrFN4O5S/c1-2-33-22(31)17-15(10-28-6-7-32-11-16(28)21(29)30)26-19(20-25-5-8-34-20)27-18(17)13-4-3-12(24)9-14(13)23;1-2-33-22(31)17-15(10-28-6-7-32-11-16(28)21(29)30)26-19(20-25-5-8-34-20)27-18(17)13-4-3-12(23)9-14(13)24;1-2-33-22(31)17-15(10-28-6-7-32-11-16(28)21(29)30)26-19(20-25-5-8-34-20)27-18(17)13-4-3-12(24)9-14(13)23;1-31-21(30)16-14(9-27-5-6-32-10-15(27)20(28)29)25-18(19-24-4-7-33-19)26-17(16)12-3-2-11(23)8-13(12)22/h3*3-5,8-9,16,18H,2,6-7,10-11H2,1H3,(H,26,27)(H,29,30);2-4,7-8,15,17H,5-6,9-10H2,1H3,(H,25,26)(H,28,29). The molecule has 36 nitrogen and oxygen atoms in total. The zero-order valence-electron chi connectivity index (χ0n) is 71.9. The number of carboxylic acid groups (broad SMARTS) is 4. The molecule has 4 fully saturated rings. The van der Waals surface area contributed by atoms with E-state index in [1.165, 1.54) is 88.9 Å². The van der Waals surface area contributed by atoms with Crippen LogP contribution in [0.5, 0.6) is 0 Å². The van der Waals surface area contributed by atoms with Gasteiger partial charge in [0.1, 0.15) is 65.8 Å². The molecule has 0 spiro atoms. The lowest BCUT2D eigenvalue weighted by molar-refractivity contribution is -0.150. The van der Waals surface area contributed by atoms with E-state index in [1.807, 2.05) is 5.38 Å². The van der Waals surface area contributed by atoms with E-state index in [2.05, 4.69) is 73.1 Å². The molecule has 0 radical (unpaired) electrons. The van der Waals surface area contributed by atoms with Gasteiger partial charge in [0.25, 0.3) is 0 Å². The summed E-state index contributed by atoms with van der Waals surface area (Å²) in [5.41, 5.74) is 4.74. The number of nitrogens with one attached hydrogen (secondary N) is 4. The number of carboxylic acids is 4. The second kappa shape index (κ2) is 47.9. The third-order valence-electron chi connectivity index (χ3n) is 21.5. The molecule has 8 atom stereocenters. The van der Waals surface area contributed by atoms with Crippen molar-refractivity contribution in [1.29, 1.82) is 0 Å². The molecule has 0 aliphatic carbocycles. The van der Waals surface area contributed by atoms with Crippen LogP contribution in [0.1, 0.15) is 87.2 Å². The molecule has 135 heavy (non-hydrogen) atoms. The van der Waals surface area contributed by atoms with Gasteiger partial charge in [0.05, 0.1) is 102 Å². The smallest absolute Gasteiger partial charge is 0.338 e. The molecule has 0 bridgehead atoms. The predicted molar refractivity (Wildman–Crippen MR) is 499 cm³/mol. The fourth-order valence-electron chi connectivity index (χ4n) is 15.2. The molecule has 4 saturated heterocycles. The van der Waals surface area contributed by atoms with Crippen molar-refractivity contribution >= 4 is 183 Å². The van der Waals surface area contributed by atoms with Gasteiger partial charge in [-0.2, -0.15) is 0 Å². The van der Waals surface area contributed by atoms with Crippen LogP contribution < -0.4 is 21.3 Å². The number of rotatable bonds is 27. The Labute approximate surface area is 816 Å². The fraction of sp³-hybridized carbons (Fsp3) is 0.356. The van der Waals surface area contributed by atoms with Gasteiger partial charge in [-0.25, -0.2) is 52.3 Å². The van der Waals surface area contributed by atoms with Gasteiger partial charge in [-0.05, 0) is 80.4 Å². The third kappa shape index (κ3) is 25.2. The van der Waals surface area contributed by atoms with Crippen LogP contribution >= 0.6 is 112 Å². The first-order valence-corrected chi connectivity index (χ1v) is 47.8. The first-order chi connectivity index (χ1) is 65.0. The van der Waals surface area contributed by atoms with Crippen LogP contribution in [-0.2, 0) is 76.3 Å². The summed E-state index contributed by atoms with van der Waals surface area (Å²) in [5.74, 6) is -6.16. The van der Waals surface area contributed by atoms with Gasteiger partial charge in [0.2, 0.25) is 0 Å². The van der Waals surface area contributed by atoms with Crippen LogP contribution in [-0.4, -0.2) is 287 Å². The Hall–Kier alpha value is -10.7. The Balaban J connectivity index is 0.000000152. The van der Waals surface area contributed by atoms with Crippen LogP contribution in [0, 0.1) is 17.5 Å². The monoisotopic (exact) mass is 2120 g/mol. The number of aliphatic carboxylic acids is 4. The lowest BCUT2D eigenvalue weighted by Crippen LogP contribution is -2.52. The van der Waals surface area contributed by atoms with E-state index in [4.69, 9.17) is 92.7 Å². The van der Waals surface area contributed by atoms with Crippen LogP contribution in [0.3, 0.4) is 0 Å². The predicted octanol–water partition coefficient (Wildman–Crippen LogP) is 10.9. The van der Waals surface area contributed by atoms with Crippen molar-refractivity contribution in [3.8, 4) is 0 Å². The summed E-state index contributed by atoms with van der Waals surface area (Å²) < 4.78 is 84.7. The van der Waals surface area contributed by atoms with Crippen LogP contribution in [0.2, 0.25) is 15.1 Å². The highest BCUT2D eigenvalue weighted by molar-refractivity contribution is 9.10. The zero-order chi connectivity index (χ0) is 96.3. The second-order valence-corrected chi connectivity index (χ2v) is 36.4. The van der Waals surface area contributed by atoms with Crippen LogP contribution in [0.25, 0.3) is 0 Å². The molecule has 48 heteroatoms. The number of morpholine rings is 4. The molecule has 0 amide bonds. The minimum atomic E-state index is -1.03.